The van der Waals surface area contributed by atoms with Crippen LogP contribution in [0.15, 0.2) is 12.1 Å². The molecule has 0 aromatic heterocycles. The number of phenolic OH excluding ortho intramolecular Hbond substituents is 1. The summed E-state index contributed by atoms with van der Waals surface area (Å²) < 4.78 is 4.99. The van der Waals surface area contributed by atoms with Gasteiger partial charge in [0.05, 0.1) is 13.7 Å². The second kappa shape index (κ2) is 5.21. The van der Waals surface area contributed by atoms with Crippen molar-refractivity contribution in [3.8, 4) is 11.5 Å². The first-order valence-electron chi connectivity index (χ1n) is 4.48. The van der Waals surface area contributed by atoms with Crippen LogP contribution in [0.2, 0.25) is 5.02 Å². The molecular formula is C10H14ClNO3. The molecule has 0 aliphatic rings. The van der Waals surface area contributed by atoms with Crippen LogP contribution in [-0.2, 0) is 4.84 Å². The van der Waals surface area contributed by atoms with E-state index in [0.717, 1.165) is 0 Å². The van der Waals surface area contributed by atoms with E-state index < -0.39 is 0 Å². The molecule has 0 aliphatic heterocycles. The van der Waals surface area contributed by atoms with Gasteiger partial charge in [-0.2, -0.15) is 0 Å². The van der Waals surface area contributed by atoms with E-state index in [9.17, 15) is 5.11 Å². The molecule has 1 rings (SSSR count). The van der Waals surface area contributed by atoms with Crippen molar-refractivity contribution in [1.29, 1.82) is 0 Å². The van der Waals surface area contributed by atoms with Gasteiger partial charge in [0, 0.05) is 22.6 Å². The summed E-state index contributed by atoms with van der Waals surface area (Å²) in [5.41, 5.74) is 0.657. The number of ether oxygens (including phenoxy) is 1. The molecule has 3 N–H and O–H groups in total. The maximum absolute atomic E-state index is 9.83. The summed E-state index contributed by atoms with van der Waals surface area (Å²) in [7, 11) is 1.47. The summed E-state index contributed by atoms with van der Waals surface area (Å²) >= 11 is 5.88. The van der Waals surface area contributed by atoms with Crippen molar-refractivity contribution in [1.82, 2.24) is 0 Å². The van der Waals surface area contributed by atoms with E-state index in [4.69, 9.17) is 22.2 Å². The first-order valence-corrected chi connectivity index (χ1v) is 4.86. The first-order chi connectivity index (χ1) is 7.10. The van der Waals surface area contributed by atoms with Crippen LogP contribution in [0.5, 0.6) is 11.5 Å². The Morgan fingerprint density at radius 2 is 2.20 bits per heavy atom. The van der Waals surface area contributed by atoms with Gasteiger partial charge in [-0.05, 0) is 6.07 Å². The van der Waals surface area contributed by atoms with Gasteiger partial charge in [-0.1, -0.05) is 18.5 Å². The number of rotatable bonds is 4. The molecule has 0 heterocycles. The number of phenols is 1. The zero-order valence-electron chi connectivity index (χ0n) is 8.66. The van der Waals surface area contributed by atoms with Crippen LogP contribution in [0.1, 0.15) is 18.4 Å². The van der Waals surface area contributed by atoms with Gasteiger partial charge < -0.3 is 14.7 Å². The first kappa shape index (κ1) is 12.1. The molecule has 1 unspecified atom stereocenters. The van der Waals surface area contributed by atoms with E-state index in [2.05, 4.69) is 4.84 Å². The minimum absolute atomic E-state index is 0.0531. The van der Waals surface area contributed by atoms with Gasteiger partial charge >= 0.3 is 0 Å². The average Bonchev–Trinajstić information content (AvgIpc) is 2.21. The van der Waals surface area contributed by atoms with E-state index in [1.807, 2.05) is 6.92 Å². The minimum Gasteiger partial charge on any atom is -0.504 e. The molecule has 5 heteroatoms. The van der Waals surface area contributed by atoms with Crippen molar-refractivity contribution >= 4 is 11.6 Å². The largest absolute Gasteiger partial charge is 0.504 e. The number of benzene rings is 1. The Hall–Kier alpha value is -0.970. The summed E-state index contributed by atoms with van der Waals surface area (Å²) in [6.45, 7) is 2.18. The number of hydrogen-bond donors (Lipinski definition) is 2. The number of nitrogens with two attached hydrogens (primary N) is 1. The van der Waals surface area contributed by atoms with Crippen LogP contribution in [0.4, 0.5) is 0 Å². The van der Waals surface area contributed by atoms with Crippen LogP contribution in [0.3, 0.4) is 0 Å². The fourth-order valence-electron chi connectivity index (χ4n) is 1.36. The second-order valence-electron chi connectivity index (χ2n) is 3.28. The average molecular weight is 232 g/mol. The molecule has 0 spiro atoms. The van der Waals surface area contributed by atoms with Gasteiger partial charge in [0.2, 0.25) is 0 Å². The second-order valence-corrected chi connectivity index (χ2v) is 3.72. The lowest BCUT2D eigenvalue weighted by Gasteiger charge is -2.14. The number of methoxy groups -OCH3 is 1. The molecule has 0 bridgehead atoms. The summed E-state index contributed by atoms with van der Waals surface area (Å²) in [5, 5.41) is 10.3. The van der Waals surface area contributed by atoms with Crippen LogP contribution in [0.25, 0.3) is 0 Å². The summed E-state index contributed by atoms with van der Waals surface area (Å²) in [4.78, 5) is 4.53. The van der Waals surface area contributed by atoms with Crippen molar-refractivity contribution in [3.63, 3.8) is 0 Å². The molecule has 0 saturated carbocycles. The zero-order valence-corrected chi connectivity index (χ0v) is 9.41. The third kappa shape index (κ3) is 2.75. The molecule has 15 heavy (non-hydrogen) atoms. The molecule has 1 aromatic rings. The summed E-state index contributed by atoms with van der Waals surface area (Å²) in [6, 6.07) is 3.22. The molecule has 0 amide bonds. The molecular weight excluding hydrogens is 218 g/mol. The smallest absolute Gasteiger partial charge is 0.162 e. The van der Waals surface area contributed by atoms with E-state index in [1.165, 1.54) is 7.11 Å². The van der Waals surface area contributed by atoms with E-state index in [1.54, 1.807) is 12.1 Å². The van der Waals surface area contributed by atoms with Crippen molar-refractivity contribution < 1.29 is 14.7 Å². The van der Waals surface area contributed by atoms with E-state index >= 15 is 0 Å². The highest BCUT2D eigenvalue weighted by Gasteiger charge is 2.15. The van der Waals surface area contributed by atoms with Gasteiger partial charge in [0.1, 0.15) is 0 Å². The molecule has 4 nitrogen and oxygen atoms in total. The molecule has 0 saturated heterocycles. The van der Waals surface area contributed by atoms with Crippen molar-refractivity contribution in [2.45, 2.75) is 12.8 Å². The third-order valence-corrected chi connectivity index (χ3v) is 2.38. The van der Waals surface area contributed by atoms with Crippen LogP contribution >= 0.6 is 11.6 Å². The van der Waals surface area contributed by atoms with Gasteiger partial charge in [-0.3, -0.25) is 0 Å². The van der Waals surface area contributed by atoms with E-state index in [-0.39, 0.29) is 11.7 Å². The zero-order chi connectivity index (χ0) is 11.4. The fourth-order valence-corrected chi connectivity index (χ4v) is 1.58. The Kier molecular flexibility index (Phi) is 4.20. The Labute approximate surface area is 93.5 Å². The van der Waals surface area contributed by atoms with Crippen molar-refractivity contribution in [3.05, 3.63) is 22.7 Å². The maximum atomic E-state index is 9.83. The monoisotopic (exact) mass is 231 g/mol. The quantitative estimate of drug-likeness (QED) is 0.779. The molecule has 0 aliphatic carbocycles. The molecule has 1 atom stereocenters. The predicted molar refractivity (Wildman–Crippen MR) is 58.2 cm³/mol. The molecule has 1 aromatic carbocycles. The highest BCUT2D eigenvalue weighted by molar-refractivity contribution is 6.30. The normalized spacial score (nSPS) is 12.5. The van der Waals surface area contributed by atoms with Crippen LogP contribution in [0, 0.1) is 0 Å². The highest BCUT2D eigenvalue weighted by atomic mass is 35.5. The highest BCUT2D eigenvalue weighted by Crippen LogP contribution is 2.37. The summed E-state index contributed by atoms with van der Waals surface area (Å²) in [5.74, 6) is 5.35. The lowest BCUT2D eigenvalue weighted by molar-refractivity contribution is 0.126. The molecule has 84 valence electrons. The lowest BCUT2D eigenvalue weighted by Crippen LogP contribution is -2.09. The van der Waals surface area contributed by atoms with Gasteiger partial charge in [-0.15, -0.1) is 0 Å². The Bertz CT molecular complexity index is 344. The Balaban J connectivity index is 3.11. The van der Waals surface area contributed by atoms with Gasteiger partial charge in [0.15, 0.2) is 11.5 Å². The number of aromatic hydroxyl groups is 1. The van der Waals surface area contributed by atoms with Crippen molar-refractivity contribution in [2.24, 2.45) is 5.90 Å². The van der Waals surface area contributed by atoms with Crippen LogP contribution in [-0.4, -0.2) is 18.8 Å². The topological polar surface area (TPSA) is 64.7 Å². The predicted octanol–water partition coefficient (Wildman–Crippen LogP) is 2.05. The standard InChI is InChI=1S/C10H14ClNO3/c1-6(5-15-12)8-3-7(11)4-9(14-2)10(8)13/h3-4,6,13H,5,12H2,1-2H3. The SMILES string of the molecule is COc1cc(Cl)cc(C(C)CON)c1O. The van der Waals surface area contributed by atoms with E-state index in [0.29, 0.717) is 22.9 Å². The molecule has 0 radical (unpaired) electrons. The lowest BCUT2D eigenvalue weighted by atomic mass is 10.0. The fraction of sp³-hybridized carbons (Fsp3) is 0.400. The van der Waals surface area contributed by atoms with Gasteiger partial charge in [-0.25, -0.2) is 5.90 Å². The Morgan fingerprint density at radius 1 is 1.53 bits per heavy atom. The number of halogens is 1. The van der Waals surface area contributed by atoms with Crippen LogP contribution < -0.4 is 10.6 Å². The van der Waals surface area contributed by atoms with Crippen molar-refractivity contribution in [2.75, 3.05) is 13.7 Å². The minimum atomic E-state index is -0.0531. The molecule has 0 fully saturated rings. The van der Waals surface area contributed by atoms with Gasteiger partial charge in [0.25, 0.3) is 0 Å². The number of hydrogen-bond acceptors (Lipinski definition) is 4. The summed E-state index contributed by atoms with van der Waals surface area (Å²) in [6.07, 6.45) is 0. The Morgan fingerprint density at radius 3 is 2.73 bits per heavy atom. The third-order valence-electron chi connectivity index (χ3n) is 2.17. The maximum Gasteiger partial charge on any atom is 0.162 e.